The standard InChI is InChI=1S/C14H23N3S/c1-10(2)8-18-9-13-16-12-7-5-3-4-6-11(12)14(15)17-13/h10H,3-9H2,1-2H3,(H2,15,16,17). The van der Waals surface area contributed by atoms with E-state index in [1.165, 1.54) is 30.5 Å². The lowest BCUT2D eigenvalue weighted by atomic mass is 10.1. The number of thioether (sulfide) groups is 1. The average Bonchev–Trinajstić information content (AvgIpc) is 2.54. The first kappa shape index (κ1) is 13.7. The summed E-state index contributed by atoms with van der Waals surface area (Å²) in [4.78, 5) is 9.19. The van der Waals surface area contributed by atoms with Crippen LogP contribution in [0.1, 0.15) is 50.2 Å². The van der Waals surface area contributed by atoms with Crippen LogP contribution in [-0.4, -0.2) is 15.7 Å². The van der Waals surface area contributed by atoms with Crippen molar-refractivity contribution in [2.45, 2.75) is 51.7 Å². The number of nitrogens with zero attached hydrogens (tertiary/aromatic N) is 2. The predicted octanol–water partition coefficient (Wildman–Crippen LogP) is 3.22. The van der Waals surface area contributed by atoms with Crippen LogP contribution in [-0.2, 0) is 18.6 Å². The third kappa shape index (κ3) is 3.61. The van der Waals surface area contributed by atoms with E-state index in [1.807, 2.05) is 11.8 Å². The summed E-state index contributed by atoms with van der Waals surface area (Å²) >= 11 is 1.90. The van der Waals surface area contributed by atoms with E-state index in [4.69, 9.17) is 10.7 Å². The molecule has 1 aliphatic rings. The van der Waals surface area contributed by atoms with Gasteiger partial charge in [0, 0.05) is 11.3 Å². The van der Waals surface area contributed by atoms with E-state index in [9.17, 15) is 0 Å². The van der Waals surface area contributed by atoms with Gasteiger partial charge in [-0.05, 0) is 37.4 Å². The van der Waals surface area contributed by atoms with Gasteiger partial charge < -0.3 is 5.73 Å². The highest BCUT2D eigenvalue weighted by atomic mass is 32.2. The van der Waals surface area contributed by atoms with Gasteiger partial charge in [0.25, 0.3) is 0 Å². The van der Waals surface area contributed by atoms with Crippen molar-refractivity contribution in [3.8, 4) is 0 Å². The number of aryl methyl sites for hydroxylation is 1. The highest BCUT2D eigenvalue weighted by Crippen LogP contribution is 2.24. The van der Waals surface area contributed by atoms with Gasteiger partial charge in [-0.3, -0.25) is 0 Å². The second-order valence-electron chi connectivity index (χ2n) is 5.42. The lowest BCUT2D eigenvalue weighted by Crippen LogP contribution is -2.08. The molecule has 2 rings (SSSR count). The summed E-state index contributed by atoms with van der Waals surface area (Å²) in [5.41, 5.74) is 8.50. The van der Waals surface area contributed by atoms with Crippen molar-refractivity contribution in [3.05, 3.63) is 17.1 Å². The van der Waals surface area contributed by atoms with E-state index in [2.05, 4.69) is 18.8 Å². The molecule has 2 N–H and O–H groups in total. The van der Waals surface area contributed by atoms with E-state index < -0.39 is 0 Å². The van der Waals surface area contributed by atoms with Gasteiger partial charge in [-0.15, -0.1) is 0 Å². The number of nitrogens with two attached hydrogens (primary N) is 1. The summed E-state index contributed by atoms with van der Waals surface area (Å²) in [7, 11) is 0. The molecule has 3 nitrogen and oxygen atoms in total. The zero-order valence-electron chi connectivity index (χ0n) is 11.4. The third-order valence-corrected chi connectivity index (χ3v) is 4.56. The van der Waals surface area contributed by atoms with Crippen LogP contribution >= 0.6 is 11.8 Å². The maximum atomic E-state index is 6.08. The number of hydrogen-bond donors (Lipinski definition) is 1. The van der Waals surface area contributed by atoms with Crippen molar-refractivity contribution < 1.29 is 0 Å². The number of anilines is 1. The number of hydrogen-bond acceptors (Lipinski definition) is 4. The molecule has 0 aliphatic heterocycles. The quantitative estimate of drug-likeness (QED) is 0.849. The van der Waals surface area contributed by atoms with Gasteiger partial charge in [0.05, 0.1) is 5.75 Å². The van der Waals surface area contributed by atoms with Crippen LogP contribution in [0.15, 0.2) is 0 Å². The Morgan fingerprint density at radius 2 is 1.94 bits per heavy atom. The van der Waals surface area contributed by atoms with Gasteiger partial charge in [0.1, 0.15) is 11.6 Å². The molecule has 0 saturated heterocycles. The Morgan fingerprint density at radius 3 is 2.72 bits per heavy atom. The fourth-order valence-electron chi connectivity index (χ4n) is 2.30. The molecule has 1 aromatic rings. The second-order valence-corrected chi connectivity index (χ2v) is 6.45. The first-order chi connectivity index (χ1) is 8.66. The van der Waals surface area contributed by atoms with Crippen LogP contribution in [0.5, 0.6) is 0 Å². The van der Waals surface area contributed by atoms with Crippen LogP contribution in [0.4, 0.5) is 5.82 Å². The van der Waals surface area contributed by atoms with E-state index in [0.29, 0.717) is 5.92 Å². The molecule has 0 fully saturated rings. The van der Waals surface area contributed by atoms with Gasteiger partial charge in [0.2, 0.25) is 0 Å². The molecule has 0 saturated carbocycles. The maximum absolute atomic E-state index is 6.08. The Bertz CT molecular complexity index is 404. The van der Waals surface area contributed by atoms with Crippen molar-refractivity contribution in [1.29, 1.82) is 0 Å². The zero-order valence-corrected chi connectivity index (χ0v) is 12.2. The van der Waals surface area contributed by atoms with Gasteiger partial charge in [-0.1, -0.05) is 20.3 Å². The molecule has 18 heavy (non-hydrogen) atoms. The number of nitrogen functional groups attached to an aromatic ring is 1. The fourth-order valence-corrected chi connectivity index (χ4v) is 3.20. The van der Waals surface area contributed by atoms with Gasteiger partial charge in [0.15, 0.2) is 0 Å². The van der Waals surface area contributed by atoms with Gasteiger partial charge >= 0.3 is 0 Å². The van der Waals surface area contributed by atoms with Crippen molar-refractivity contribution in [3.63, 3.8) is 0 Å². The highest BCUT2D eigenvalue weighted by Gasteiger charge is 2.14. The molecule has 0 radical (unpaired) electrons. The number of fused-ring (bicyclic) bond motifs is 1. The lowest BCUT2D eigenvalue weighted by molar-refractivity contribution is 0.708. The Hall–Kier alpha value is -0.770. The smallest absolute Gasteiger partial charge is 0.140 e. The third-order valence-electron chi connectivity index (χ3n) is 3.19. The molecule has 0 aromatic carbocycles. The van der Waals surface area contributed by atoms with Crippen LogP contribution < -0.4 is 5.73 Å². The predicted molar refractivity (Wildman–Crippen MR) is 78.7 cm³/mol. The number of aromatic nitrogens is 2. The Labute approximate surface area is 114 Å². The van der Waals surface area contributed by atoms with E-state index in [1.54, 1.807) is 0 Å². The molecule has 1 aliphatic carbocycles. The number of rotatable bonds is 4. The first-order valence-corrected chi connectivity index (χ1v) is 8.04. The molecule has 1 heterocycles. The van der Waals surface area contributed by atoms with Gasteiger partial charge in [-0.2, -0.15) is 11.8 Å². The summed E-state index contributed by atoms with van der Waals surface area (Å²) in [5.74, 6) is 4.39. The summed E-state index contributed by atoms with van der Waals surface area (Å²) < 4.78 is 0. The van der Waals surface area contributed by atoms with Crippen molar-refractivity contribution in [2.75, 3.05) is 11.5 Å². The molecule has 0 bridgehead atoms. The summed E-state index contributed by atoms with van der Waals surface area (Å²) in [6.45, 7) is 4.47. The normalized spacial score (nSPS) is 15.5. The highest BCUT2D eigenvalue weighted by molar-refractivity contribution is 7.98. The summed E-state index contributed by atoms with van der Waals surface area (Å²) in [6.07, 6.45) is 5.88. The first-order valence-electron chi connectivity index (χ1n) is 6.88. The van der Waals surface area contributed by atoms with Crippen molar-refractivity contribution in [1.82, 2.24) is 9.97 Å². The van der Waals surface area contributed by atoms with Gasteiger partial charge in [-0.25, -0.2) is 9.97 Å². The largest absolute Gasteiger partial charge is 0.383 e. The Morgan fingerprint density at radius 1 is 1.17 bits per heavy atom. The summed E-state index contributed by atoms with van der Waals surface area (Å²) in [6, 6.07) is 0. The fraction of sp³-hybridized carbons (Fsp3) is 0.714. The van der Waals surface area contributed by atoms with E-state index in [-0.39, 0.29) is 0 Å². The minimum Gasteiger partial charge on any atom is -0.383 e. The summed E-state index contributed by atoms with van der Waals surface area (Å²) in [5, 5.41) is 0. The Kier molecular flexibility index (Phi) is 4.87. The minimum atomic E-state index is 0.716. The molecular formula is C14H23N3S. The maximum Gasteiger partial charge on any atom is 0.140 e. The zero-order chi connectivity index (χ0) is 13.0. The molecule has 0 spiro atoms. The molecule has 1 aromatic heterocycles. The van der Waals surface area contributed by atoms with Crippen LogP contribution in [0.25, 0.3) is 0 Å². The van der Waals surface area contributed by atoms with E-state index in [0.717, 1.165) is 36.0 Å². The molecule has 4 heteroatoms. The van der Waals surface area contributed by atoms with Crippen LogP contribution in [0, 0.1) is 5.92 Å². The minimum absolute atomic E-state index is 0.716. The molecule has 0 atom stereocenters. The average molecular weight is 265 g/mol. The van der Waals surface area contributed by atoms with Crippen molar-refractivity contribution >= 4 is 17.6 Å². The van der Waals surface area contributed by atoms with Crippen LogP contribution in [0.2, 0.25) is 0 Å². The molecular weight excluding hydrogens is 242 g/mol. The second kappa shape index (κ2) is 6.41. The van der Waals surface area contributed by atoms with E-state index >= 15 is 0 Å². The SMILES string of the molecule is CC(C)CSCc1nc(N)c2c(n1)CCCCC2. The Balaban J connectivity index is 2.08. The van der Waals surface area contributed by atoms with Crippen molar-refractivity contribution in [2.24, 2.45) is 5.92 Å². The van der Waals surface area contributed by atoms with Crippen LogP contribution in [0.3, 0.4) is 0 Å². The topological polar surface area (TPSA) is 51.8 Å². The monoisotopic (exact) mass is 265 g/mol. The lowest BCUT2D eigenvalue weighted by Gasteiger charge is -2.10. The molecule has 100 valence electrons. The molecule has 0 amide bonds. The molecule has 0 unspecified atom stereocenters.